The Labute approximate surface area is 131 Å². The molecule has 0 amide bonds. The molecule has 0 aliphatic heterocycles. The molecule has 0 spiro atoms. The van der Waals surface area contributed by atoms with Gasteiger partial charge in [0.2, 0.25) is 0 Å². The van der Waals surface area contributed by atoms with Crippen LogP contribution in [-0.2, 0) is 10.0 Å². The molecule has 0 aliphatic carbocycles. The van der Waals surface area contributed by atoms with Gasteiger partial charge in [0, 0.05) is 29.8 Å². The minimum Gasteiger partial charge on any atom is -0.306 e. The SMILES string of the molecule is O=S(=O)(Nc1ccc(-n2ccnc2)cc1)c1ccc(F)cc1F. The summed E-state index contributed by atoms with van der Waals surface area (Å²) in [4.78, 5) is 3.30. The van der Waals surface area contributed by atoms with E-state index in [2.05, 4.69) is 9.71 Å². The van der Waals surface area contributed by atoms with Crippen LogP contribution < -0.4 is 4.72 Å². The lowest BCUT2D eigenvalue weighted by Gasteiger charge is -2.10. The second-order valence-electron chi connectivity index (χ2n) is 4.70. The van der Waals surface area contributed by atoms with Crippen molar-refractivity contribution in [2.24, 2.45) is 0 Å². The Morgan fingerprint density at radius 1 is 1.04 bits per heavy atom. The molecule has 3 aromatic rings. The summed E-state index contributed by atoms with van der Waals surface area (Å²) >= 11 is 0. The molecule has 0 aliphatic rings. The molecule has 118 valence electrons. The first-order valence-electron chi connectivity index (χ1n) is 6.52. The summed E-state index contributed by atoms with van der Waals surface area (Å²) in [6, 6.07) is 8.73. The molecular weight excluding hydrogens is 324 g/mol. The molecular formula is C15H11F2N3O2S. The van der Waals surface area contributed by atoms with Gasteiger partial charge in [0.25, 0.3) is 10.0 Å². The summed E-state index contributed by atoms with van der Waals surface area (Å²) in [7, 11) is -4.14. The van der Waals surface area contributed by atoms with E-state index in [1.807, 2.05) is 0 Å². The van der Waals surface area contributed by atoms with Gasteiger partial charge in [-0.2, -0.15) is 0 Å². The monoisotopic (exact) mass is 335 g/mol. The van der Waals surface area contributed by atoms with E-state index in [1.165, 1.54) is 12.1 Å². The first-order chi connectivity index (χ1) is 11.0. The van der Waals surface area contributed by atoms with Crippen LogP contribution in [0.4, 0.5) is 14.5 Å². The first kappa shape index (κ1) is 15.2. The number of benzene rings is 2. The Kier molecular flexibility index (Phi) is 3.83. The van der Waals surface area contributed by atoms with E-state index in [9.17, 15) is 17.2 Å². The lowest BCUT2D eigenvalue weighted by molar-refractivity contribution is 0.551. The van der Waals surface area contributed by atoms with Crippen LogP contribution >= 0.6 is 0 Å². The second-order valence-corrected chi connectivity index (χ2v) is 6.35. The quantitative estimate of drug-likeness (QED) is 0.797. The number of nitrogens with one attached hydrogen (secondary N) is 1. The molecule has 0 fully saturated rings. The highest BCUT2D eigenvalue weighted by Crippen LogP contribution is 2.20. The van der Waals surface area contributed by atoms with E-state index in [1.54, 1.807) is 35.4 Å². The van der Waals surface area contributed by atoms with Crippen molar-refractivity contribution in [2.75, 3.05) is 4.72 Å². The molecule has 1 N–H and O–H groups in total. The highest BCUT2D eigenvalue weighted by atomic mass is 32.2. The molecule has 0 saturated carbocycles. The van der Waals surface area contributed by atoms with Gasteiger partial charge >= 0.3 is 0 Å². The van der Waals surface area contributed by atoms with Crippen molar-refractivity contribution in [3.8, 4) is 5.69 Å². The summed E-state index contributed by atoms with van der Waals surface area (Å²) in [5.41, 5.74) is 1.05. The van der Waals surface area contributed by atoms with Gasteiger partial charge < -0.3 is 4.57 Å². The van der Waals surface area contributed by atoms with Crippen molar-refractivity contribution >= 4 is 15.7 Å². The average Bonchev–Trinajstić information content (AvgIpc) is 3.01. The van der Waals surface area contributed by atoms with E-state index in [-0.39, 0.29) is 5.69 Å². The smallest absolute Gasteiger partial charge is 0.264 e. The van der Waals surface area contributed by atoms with Crippen LogP contribution in [0.1, 0.15) is 0 Å². The second kappa shape index (κ2) is 5.81. The summed E-state index contributed by atoms with van der Waals surface area (Å²) in [5.74, 6) is -1.99. The van der Waals surface area contributed by atoms with Crippen molar-refractivity contribution in [2.45, 2.75) is 4.90 Å². The van der Waals surface area contributed by atoms with Gasteiger partial charge in [-0.3, -0.25) is 4.72 Å². The van der Waals surface area contributed by atoms with Crippen molar-refractivity contribution in [1.82, 2.24) is 9.55 Å². The molecule has 0 bridgehead atoms. The predicted octanol–water partition coefficient (Wildman–Crippen LogP) is 2.95. The summed E-state index contributed by atoms with van der Waals surface area (Å²) in [6.07, 6.45) is 4.97. The van der Waals surface area contributed by atoms with Crippen LogP contribution in [0.5, 0.6) is 0 Å². The number of imidazole rings is 1. The minimum atomic E-state index is -4.14. The van der Waals surface area contributed by atoms with Gasteiger partial charge in [-0.1, -0.05) is 0 Å². The van der Waals surface area contributed by atoms with Crippen LogP contribution in [0.2, 0.25) is 0 Å². The van der Waals surface area contributed by atoms with Crippen molar-refractivity contribution in [3.63, 3.8) is 0 Å². The van der Waals surface area contributed by atoms with Crippen LogP contribution in [0.3, 0.4) is 0 Å². The van der Waals surface area contributed by atoms with Crippen LogP contribution in [0, 0.1) is 11.6 Å². The third kappa shape index (κ3) is 3.21. The maximum atomic E-state index is 13.6. The molecule has 0 radical (unpaired) electrons. The third-order valence-electron chi connectivity index (χ3n) is 3.11. The van der Waals surface area contributed by atoms with Crippen LogP contribution in [0.25, 0.3) is 5.69 Å². The fourth-order valence-corrected chi connectivity index (χ4v) is 3.14. The van der Waals surface area contributed by atoms with E-state index in [0.717, 1.165) is 17.8 Å². The van der Waals surface area contributed by atoms with Gasteiger partial charge in [-0.25, -0.2) is 22.2 Å². The van der Waals surface area contributed by atoms with Crippen molar-refractivity contribution in [1.29, 1.82) is 0 Å². The summed E-state index contributed by atoms with van der Waals surface area (Å²) in [6.45, 7) is 0. The van der Waals surface area contributed by atoms with E-state index >= 15 is 0 Å². The van der Waals surface area contributed by atoms with E-state index in [4.69, 9.17) is 0 Å². The molecule has 3 rings (SSSR count). The number of halogens is 2. The van der Waals surface area contributed by atoms with Gasteiger partial charge in [0.15, 0.2) is 0 Å². The molecule has 1 heterocycles. The molecule has 0 atom stereocenters. The van der Waals surface area contributed by atoms with Gasteiger partial charge in [-0.05, 0) is 36.4 Å². The average molecular weight is 335 g/mol. The largest absolute Gasteiger partial charge is 0.306 e. The Hall–Kier alpha value is -2.74. The molecule has 0 unspecified atom stereocenters. The Bertz CT molecular complexity index is 924. The molecule has 5 nitrogen and oxygen atoms in total. The van der Waals surface area contributed by atoms with E-state index in [0.29, 0.717) is 6.07 Å². The molecule has 23 heavy (non-hydrogen) atoms. The lowest BCUT2D eigenvalue weighted by atomic mass is 10.3. The molecule has 1 aromatic heterocycles. The van der Waals surface area contributed by atoms with Crippen LogP contribution in [-0.4, -0.2) is 18.0 Å². The fourth-order valence-electron chi connectivity index (χ4n) is 2.02. The number of nitrogens with zero attached hydrogens (tertiary/aromatic N) is 2. The fraction of sp³-hybridized carbons (Fsp3) is 0. The van der Waals surface area contributed by atoms with Gasteiger partial charge in [-0.15, -0.1) is 0 Å². The van der Waals surface area contributed by atoms with Crippen LogP contribution in [0.15, 0.2) is 66.1 Å². The summed E-state index contributed by atoms with van der Waals surface area (Å²) < 4.78 is 54.8. The Morgan fingerprint density at radius 3 is 2.39 bits per heavy atom. The van der Waals surface area contributed by atoms with Gasteiger partial charge in [0.1, 0.15) is 16.5 Å². The zero-order valence-electron chi connectivity index (χ0n) is 11.6. The standard InChI is InChI=1S/C15H11F2N3O2S/c16-11-1-6-15(14(17)9-11)23(21,22)19-12-2-4-13(5-3-12)20-8-7-18-10-20/h1-10,19H. The maximum absolute atomic E-state index is 13.6. The van der Waals surface area contributed by atoms with Crippen molar-refractivity contribution < 1.29 is 17.2 Å². The normalized spacial score (nSPS) is 11.4. The maximum Gasteiger partial charge on any atom is 0.264 e. The topological polar surface area (TPSA) is 64.0 Å². The predicted molar refractivity (Wildman–Crippen MR) is 80.7 cm³/mol. The highest BCUT2D eigenvalue weighted by Gasteiger charge is 2.19. The third-order valence-corrected chi connectivity index (χ3v) is 4.52. The van der Waals surface area contributed by atoms with Crippen molar-refractivity contribution in [3.05, 3.63) is 72.8 Å². The minimum absolute atomic E-state index is 0.262. The van der Waals surface area contributed by atoms with Gasteiger partial charge in [0.05, 0.1) is 6.33 Å². The lowest BCUT2D eigenvalue weighted by Crippen LogP contribution is -2.14. The number of rotatable bonds is 4. The first-order valence-corrected chi connectivity index (χ1v) is 8.00. The zero-order chi connectivity index (χ0) is 16.4. The zero-order valence-corrected chi connectivity index (χ0v) is 12.5. The number of hydrogen-bond donors (Lipinski definition) is 1. The number of anilines is 1. The molecule has 0 saturated heterocycles. The Balaban J connectivity index is 1.86. The number of aromatic nitrogens is 2. The highest BCUT2D eigenvalue weighted by molar-refractivity contribution is 7.92. The number of hydrogen-bond acceptors (Lipinski definition) is 3. The summed E-state index contributed by atoms with van der Waals surface area (Å²) in [5, 5.41) is 0. The Morgan fingerprint density at radius 2 is 1.78 bits per heavy atom. The molecule has 2 aromatic carbocycles. The van der Waals surface area contributed by atoms with E-state index < -0.39 is 26.6 Å². The molecule has 8 heteroatoms. The number of sulfonamides is 1.